The molecule has 1 saturated carbocycles. The number of esters is 1. The molecule has 194 valence electrons. The van der Waals surface area contributed by atoms with Gasteiger partial charge >= 0.3 is 5.97 Å². The Bertz CT molecular complexity index is 989. The molecule has 1 aliphatic carbocycles. The van der Waals surface area contributed by atoms with Crippen molar-refractivity contribution >= 4 is 11.9 Å². The Kier molecular flexibility index (Phi) is 8.99. The highest BCUT2D eigenvalue weighted by atomic mass is 16.5. The maximum absolute atomic E-state index is 13.4. The van der Waals surface area contributed by atoms with Crippen LogP contribution in [0.2, 0.25) is 0 Å². The van der Waals surface area contributed by atoms with Crippen LogP contribution >= 0.6 is 0 Å². The number of amides is 1. The van der Waals surface area contributed by atoms with E-state index in [1.807, 2.05) is 30.3 Å². The molecule has 2 atom stereocenters. The van der Waals surface area contributed by atoms with Crippen LogP contribution in [0.1, 0.15) is 43.2 Å². The molecular formula is C29H39N3O4. The Morgan fingerprint density at radius 3 is 2.33 bits per heavy atom. The van der Waals surface area contributed by atoms with Gasteiger partial charge in [-0.2, -0.15) is 0 Å². The maximum atomic E-state index is 13.4. The molecule has 0 spiro atoms. The minimum Gasteiger partial charge on any atom is -0.497 e. The van der Waals surface area contributed by atoms with Gasteiger partial charge in [0.1, 0.15) is 11.3 Å². The Morgan fingerprint density at radius 2 is 1.67 bits per heavy atom. The predicted octanol–water partition coefficient (Wildman–Crippen LogP) is 3.42. The van der Waals surface area contributed by atoms with Crippen molar-refractivity contribution in [3.05, 3.63) is 65.7 Å². The van der Waals surface area contributed by atoms with Gasteiger partial charge in [-0.1, -0.05) is 55.3 Å². The number of nitrogens with one attached hydrogen (secondary N) is 1. The number of aryl methyl sites for hydroxylation is 1. The molecule has 0 aromatic heterocycles. The summed E-state index contributed by atoms with van der Waals surface area (Å²) in [6.07, 6.45) is 4.47. The Balaban J connectivity index is 1.40. The number of rotatable bonds is 9. The lowest BCUT2D eigenvalue weighted by Gasteiger charge is -2.51. The lowest BCUT2D eigenvalue weighted by molar-refractivity contribution is -0.163. The second kappa shape index (κ2) is 12.4. The first-order valence-electron chi connectivity index (χ1n) is 13.1. The Hall–Kier alpha value is -2.90. The third-order valence-electron chi connectivity index (χ3n) is 7.74. The van der Waals surface area contributed by atoms with Crippen LogP contribution in [0.15, 0.2) is 54.6 Å². The van der Waals surface area contributed by atoms with Crippen molar-refractivity contribution in [1.82, 2.24) is 15.1 Å². The van der Waals surface area contributed by atoms with Crippen LogP contribution in [0.4, 0.5) is 0 Å². The first kappa shape index (κ1) is 26.2. The predicted molar refractivity (Wildman–Crippen MR) is 140 cm³/mol. The van der Waals surface area contributed by atoms with Gasteiger partial charge in [-0.3, -0.25) is 14.6 Å². The molecule has 1 heterocycles. The molecule has 7 heteroatoms. The number of carbonyl (C=O) groups excluding carboxylic acids is 2. The molecule has 2 aromatic carbocycles. The largest absolute Gasteiger partial charge is 0.497 e. The first-order chi connectivity index (χ1) is 17.5. The van der Waals surface area contributed by atoms with E-state index in [0.29, 0.717) is 19.3 Å². The second-order valence-corrected chi connectivity index (χ2v) is 9.88. The van der Waals surface area contributed by atoms with Crippen molar-refractivity contribution in [3.63, 3.8) is 0 Å². The quantitative estimate of drug-likeness (QED) is 0.540. The lowest BCUT2D eigenvalue weighted by atomic mass is 9.75. The molecule has 7 nitrogen and oxygen atoms in total. The fourth-order valence-corrected chi connectivity index (χ4v) is 5.74. The summed E-state index contributed by atoms with van der Waals surface area (Å²) in [5, 5.41) is 3.25. The zero-order valence-electron chi connectivity index (χ0n) is 21.6. The van der Waals surface area contributed by atoms with E-state index in [4.69, 9.17) is 9.47 Å². The fraction of sp³-hybridized carbons (Fsp3) is 0.517. The van der Waals surface area contributed by atoms with Gasteiger partial charge < -0.3 is 14.8 Å². The zero-order chi connectivity index (χ0) is 25.4. The Morgan fingerprint density at radius 1 is 0.944 bits per heavy atom. The number of methoxy groups -OCH3 is 2. The summed E-state index contributed by atoms with van der Waals surface area (Å²) in [7, 11) is 3.11. The molecule has 1 amide bonds. The lowest BCUT2D eigenvalue weighted by Crippen LogP contribution is -2.70. The smallest absolute Gasteiger partial charge is 0.328 e. The van der Waals surface area contributed by atoms with Crippen molar-refractivity contribution in [2.75, 3.05) is 40.4 Å². The number of piperazine rings is 1. The van der Waals surface area contributed by atoms with Gasteiger partial charge in [-0.15, -0.1) is 0 Å². The summed E-state index contributed by atoms with van der Waals surface area (Å²) in [5.41, 5.74) is 1.58. The van der Waals surface area contributed by atoms with Gasteiger partial charge in [0, 0.05) is 39.1 Å². The van der Waals surface area contributed by atoms with Crippen LogP contribution in [0, 0.1) is 0 Å². The van der Waals surface area contributed by atoms with Crippen LogP contribution in [-0.2, 0) is 27.3 Å². The monoisotopic (exact) mass is 493 g/mol. The summed E-state index contributed by atoms with van der Waals surface area (Å²) >= 11 is 0. The van der Waals surface area contributed by atoms with E-state index in [2.05, 4.69) is 39.4 Å². The molecule has 0 bridgehead atoms. The Labute approximate surface area is 214 Å². The molecule has 1 aliphatic heterocycles. The average Bonchev–Trinajstić information content (AvgIpc) is 2.93. The SMILES string of the molecule is COC(=O)C1(N2CCN(Cc3ccccc3)CC2)CCCC[C@@H]1NC(=O)CCc1ccc(OC)cc1. The van der Waals surface area contributed by atoms with E-state index in [9.17, 15) is 9.59 Å². The van der Waals surface area contributed by atoms with Gasteiger partial charge in [-0.05, 0) is 42.5 Å². The summed E-state index contributed by atoms with van der Waals surface area (Å²) in [4.78, 5) is 31.1. The van der Waals surface area contributed by atoms with Crippen LogP contribution in [0.3, 0.4) is 0 Å². The molecule has 36 heavy (non-hydrogen) atoms. The molecule has 1 unspecified atom stereocenters. The van der Waals surface area contributed by atoms with Gasteiger partial charge in [0.25, 0.3) is 0 Å². The highest BCUT2D eigenvalue weighted by molar-refractivity contribution is 5.84. The molecule has 0 radical (unpaired) electrons. The van der Waals surface area contributed by atoms with Crippen molar-refractivity contribution in [3.8, 4) is 5.75 Å². The van der Waals surface area contributed by atoms with Crippen molar-refractivity contribution < 1.29 is 19.1 Å². The van der Waals surface area contributed by atoms with E-state index in [1.165, 1.54) is 12.7 Å². The highest BCUT2D eigenvalue weighted by Crippen LogP contribution is 2.36. The van der Waals surface area contributed by atoms with Crippen LogP contribution < -0.4 is 10.1 Å². The molecule has 1 saturated heterocycles. The van der Waals surface area contributed by atoms with Gasteiger partial charge in [0.05, 0.1) is 20.3 Å². The molecule has 2 aromatic rings. The van der Waals surface area contributed by atoms with Crippen molar-refractivity contribution in [2.45, 2.75) is 56.7 Å². The van der Waals surface area contributed by atoms with Crippen LogP contribution in [-0.4, -0.2) is 73.7 Å². The van der Waals surface area contributed by atoms with E-state index < -0.39 is 5.54 Å². The van der Waals surface area contributed by atoms with Crippen LogP contribution in [0.25, 0.3) is 0 Å². The number of ether oxygens (including phenoxy) is 2. The molecular weight excluding hydrogens is 454 g/mol. The maximum Gasteiger partial charge on any atom is 0.328 e. The van der Waals surface area contributed by atoms with E-state index in [0.717, 1.165) is 63.3 Å². The van der Waals surface area contributed by atoms with Crippen LogP contribution in [0.5, 0.6) is 5.75 Å². The minimum absolute atomic E-state index is 0.0197. The highest BCUT2D eigenvalue weighted by Gasteiger charge is 2.53. The standard InChI is InChI=1S/C29H39N3O4/c1-35-25-14-11-23(12-15-25)13-16-27(33)30-26-10-6-7-17-29(26,28(34)36-2)32-20-18-31(19-21-32)22-24-8-4-3-5-9-24/h3-5,8-9,11-12,14-15,26H,6-7,10,13,16-22H2,1-2H3,(H,30,33)/t26-,29?/m0/s1. The molecule has 4 rings (SSSR count). The molecule has 2 fully saturated rings. The normalized spacial score (nSPS) is 23.1. The van der Waals surface area contributed by atoms with Gasteiger partial charge in [0.2, 0.25) is 5.91 Å². The number of hydrogen-bond donors (Lipinski definition) is 1. The minimum atomic E-state index is -0.804. The molecule has 1 N–H and O–H groups in total. The molecule has 2 aliphatic rings. The third kappa shape index (κ3) is 6.08. The zero-order valence-corrected chi connectivity index (χ0v) is 21.6. The topological polar surface area (TPSA) is 71.1 Å². The summed E-state index contributed by atoms with van der Waals surface area (Å²) in [6.45, 7) is 4.23. The fourth-order valence-electron chi connectivity index (χ4n) is 5.74. The van der Waals surface area contributed by atoms with E-state index in [-0.39, 0.29) is 17.9 Å². The third-order valence-corrected chi connectivity index (χ3v) is 7.74. The van der Waals surface area contributed by atoms with Gasteiger partial charge in [-0.25, -0.2) is 4.79 Å². The number of carbonyl (C=O) groups is 2. The summed E-state index contributed by atoms with van der Waals surface area (Å²) in [6, 6.07) is 18.0. The van der Waals surface area contributed by atoms with Crippen molar-refractivity contribution in [2.24, 2.45) is 0 Å². The van der Waals surface area contributed by atoms with E-state index in [1.54, 1.807) is 7.11 Å². The average molecular weight is 494 g/mol. The first-order valence-corrected chi connectivity index (χ1v) is 13.1. The number of benzene rings is 2. The summed E-state index contributed by atoms with van der Waals surface area (Å²) in [5.74, 6) is 0.560. The number of nitrogens with zero attached hydrogens (tertiary/aromatic N) is 2. The van der Waals surface area contributed by atoms with Gasteiger partial charge in [0.15, 0.2) is 0 Å². The summed E-state index contributed by atoms with van der Waals surface area (Å²) < 4.78 is 10.6. The van der Waals surface area contributed by atoms with E-state index >= 15 is 0 Å². The second-order valence-electron chi connectivity index (χ2n) is 9.88. The van der Waals surface area contributed by atoms with Crippen molar-refractivity contribution in [1.29, 1.82) is 0 Å². The number of hydrogen-bond acceptors (Lipinski definition) is 6.